The lowest BCUT2D eigenvalue weighted by molar-refractivity contribution is -0.384. The third kappa shape index (κ3) is 2.63. The van der Waals surface area contributed by atoms with Gasteiger partial charge in [0, 0.05) is 12.1 Å². The zero-order chi connectivity index (χ0) is 12.4. The van der Waals surface area contributed by atoms with Gasteiger partial charge in [0.25, 0.3) is 11.6 Å². The van der Waals surface area contributed by atoms with Crippen LogP contribution in [0.5, 0.6) is 11.6 Å². The van der Waals surface area contributed by atoms with Crippen LogP contribution in [0.2, 0.25) is 10.2 Å². The zero-order valence-corrected chi connectivity index (χ0v) is 10.3. The molecule has 0 spiro atoms. The molecule has 1 aromatic heterocycles. The highest BCUT2D eigenvalue weighted by Gasteiger charge is 2.14. The molecule has 2 rings (SSSR count). The molecule has 0 atom stereocenters. The summed E-state index contributed by atoms with van der Waals surface area (Å²) in [6.45, 7) is 0. The lowest BCUT2D eigenvalue weighted by atomic mass is 10.3. The van der Waals surface area contributed by atoms with Crippen LogP contribution in [-0.2, 0) is 0 Å². The number of nitrogens with zero attached hydrogens (tertiary/aromatic N) is 3. The number of rotatable bonds is 3. The quantitative estimate of drug-likeness (QED) is 0.638. The fourth-order valence-corrected chi connectivity index (χ4v) is 1.89. The van der Waals surface area contributed by atoms with Crippen molar-refractivity contribution in [1.29, 1.82) is 0 Å². The van der Waals surface area contributed by atoms with Crippen LogP contribution in [0, 0.1) is 10.1 Å². The largest absolute Gasteiger partial charge is 0.436 e. The monoisotopic (exact) mass is 291 g/mol. The van der Waals surface area contributed by atoms with Gasteiger partial charge >= 0.3 is 0 Å². The standard InChI is InChI=1S/C8H3Cl2N3O3S/c9-5-3-4(1-2-6(5)13(14)15)16-8-7(10)11-17-12-8/h1-3H. The number of hydrogen-bond acceptors (Lipinski definition) is 6. The van der Waals surface area contributed by atoms with Gasteiger partial charge in [-0.1, -0.05) is 23.2 Å². The van der Waals surface area contributed by atoms with Gasteiger partial charge in [0.05, 0.1) is 16.7 Å². The number of benzene rings is 1. The summed E-state index contributed by atoms with van der Waals surface area (Å²) in [5.74, 6) is 0.441. The molecule has 6 nitrogen and oxygen atoms in total. The molecule has 0 saturated heterocycles. The third-order valence-corrected chi connectivity index (χ3v) is 2.91. The van der Waals surface area contributed by atoms with E-state index in [1.54, 1.807) is 0 Å². The molecular formula is C8H3Cl2N3O3S. The highest BCUT2D eigenvalue weighted by molar-refractivity contribution is 6.99. The molecule has 88 valence electrons. The van der Waals surface area contributed by atoms with Gasteiger partial charge < -0.3 is 4.74 Å². The van der Waals surface area contributed by atoms with Crippen LogP contribution in [0.1, 0.15) is 0 Å². The highest BCUT2D eigenvalue weighted by Crippen LogP contribution is 2.32. The average molecular weight is 292 g/mol. The molecule has 0 aliphatic carbocycles. The van der Waals surface area contributed by atoms with E-state index in [4.69, 9.17) is 27.9 Å². The zero-order valence-electron chi connectivity index (χ0n) is 7.96. The second-order valence-corrected chi connectivity index (χ2v) is 4.13. The molecule has 2 aromatic rings. The normalized spacial score (nSPS) is 10.2. The lowest BCUT2D eigenvalue weighted by Gasteiger charge is -2.02. The molecule has 1 heterocycles. The third-order valence-electron chi connectivity index (χ3n) is 1.75. The summed E-state index contributed by atoms with van der Waals surface area (Å²) >= 11 is 12.3. The molecule has 0 aliphatic rings. The summed E-state index contributed by atoms with van der Waals surface area (Å²) in [5, 5.41) is 10.7. The predicted octanol–water partition coefficient (Wildman–Crippen LogP) is 3.55. The minimum atomic E-state index is -0.580. The summed E-state index contributed by atoms with van der Waals surface area (Å²) in [4.78, 5) is 9.96. The Hall–Kier alpha value is -1.44. The van der Waals surface area contributed by atoms with Crippen molar-refractivity contribution in [3.05, 3.63) is 38.5 Å². The van der Waals surface area contributed by atoms with Gasteiger partial charge in [-0.05, 0) is 6.07 Å². The maximum absolute atomic E-state index is 10.5. The number of nitro benzene ring substituents is 1. The lowest BCUT2D eigenvalue weighted by Crippen LogP contribution is -1.90. The van der Waals surface area contributed by atoms with Crippen molar-refractivity contribution in [1.82, 2.24) is 8.75 Å². The van der Waals surface area contributed by atoms with E-state index in [-0.39, 0.29) is 21.7 Å². The van der Waals surface area contributed by atoms with Crippen LogP contribution < -0.4 is 4.74 Å². The maximum Gasteiger partial charge on any atom is 0.288 e. The van der Waals surface area contributed by atoms with Crippen LogP contribution in [0.25, 0.3) is 0 Å². The summed E-state index contributed by atoms with van der Waals surface area (Å²) in [5.41, 5.74) is -0.193. The van der Waals surface area contributed by atoms with Crippen LogP contribution in [-0.4, -0.2) is 13.7 Å². The Bertz CT molecular complexity index is 575. The van der Waals surface area contributed by atoms with Crippen molar-refractivity contribution in [3.63, 3.8) is 0 Å². The molecule has 0 amide bonds. The van der Waals surface area contributed by atoms with Gasteiger partial charge in [0.1, 0.15) is 10.8 Å². The summed E-state index contributed by atoms with van der Waals surface area (Å²) in [6, 6.07) is 3.96. The Labute approximate surface area is 109 Å². The molecule has 0 aliphatic heterocycles. The smallest absolute Gasteiger partial charge is 0.288 e. The van der Waals surface area contributed by atoms with E-state index in [9.17, 15) is 10.1 Å². The van der Waals surface area contributed by atoms with Crippen LogP contribution in [0.4, 0.5) is 5.69 Å². The predicted molar refractivity (Wildman–Crippen MR) is 63.1 cm³/mol. The fourth-order valence-electron chi connectivity index (χ4n) is 1.04. The highest BCUT2D eigenvalue weighted by atomic mass is 35.5. The Morgan fingerprint density at radius 3 is 2.65 bits per heavy atom. The van der Waals surface area contributed by atoms with E-state index >= 15 is 0 Å². The van der Waals surface area contributed by atoms with Crippen LogP contribution >= 0.6 is 34.9 Å². The van der Waals surface area contributed by atoms with E-state index in [1.807, 2.05) is 0 Å². The first-order chi connectivity index (χ1) is 8.08. The molecule has 0 N–H and O–H groups in total. The number of aromatic nitrogens is 2. The van der Waals surface area contributed by atoms with Crippen molar-refractivity contribution in [2.45, 2.75) is 0 Å². The molecular weight excluding hydrogens is 289 g/mol. The first kappa shape index (κ1) is 12.0. The topological polar surface area (TPSA) is 78.2 Å². The molecule has 1 aromatic carbocycles. The minimum Gasteiger partial charge on any atom is -0.436 e. The number of hydrogen-bond donors (Lipinski definition) is 0. The van der Waals surface area contributed by atoms with E-state index in [0.29, 0.717) is 5.75 Å². The van der Waals surface area contributed by atoms with Crippen molar-refractivity contribution in [3.8, 4) is 11.6 Å². The van der Waals surface area contributed by atoms with Crippen molar-refractivity contribution >= 4 is 40.6 Å². The van der Waals surface area contributed by atoms with E-state index in [2.05, 4.69) is 8.75 Å². The number of nitro groups is 1. The fraction of sp³-hybridized carbons (Fsp3) is 0. The first-order valence-corrected chi connectivity index (χ1v) is 5.66. The van der Waals surface area contributed by atoms with Crippen molar-refractivity contribution < 1.29 is 9.66 Å². The molecule has 17 heavy (non-hydrogen) atoms. The van der Waals surface area contributed by atoms with E-state index in [0.717, 1.165) is 11.7 Å². The van der Waals surface area contributed by atoms with Crippen LogP contribution in [0.15, 0.2) is 18.2 Å². The molecule has 0 radical (unpaired) electrons. The molecule has 0 bridgehead atoms. The molecule has 0 unspecified atom stereocenters. The molecule has 9 heteroatoms. The van der Waals surface area contributed by atoms with Gasteiger partial charge in [-0.2, -0.15) is 4.37 Å². The first-order valence-electron chi connectivity index (χ1n) is 4.18. The van der Waals surface area contributed by atoms with E-state index in [1.165, 1.54) is 18.2 Å². The Morgan fingerprint density at radius 1 is 1.35 bits per heavy atom. The number of halogens is 2. The minimum absolute atomic E-state index is 0.0215. The summed E-state index contributed by atoms with van der Waals surface area (Å²) in [6.07, 6.45) is 0. The van der Waals surface area contributed by atoms with Crippen molar-refractivity contribution in [2.75, 3.05) is 0 Å². The SMILES string of the molecule is O=[N+]([O-])c1ccc(Oc2nsnc2Cl)cc1Cl. The average Bonchev–Trinajstić information content (AvgIpc) is 2.64. The Kier molecular flexibility index (Phi) is 3.41. The van der Waals surface area contributed by atoms with Gasteiger partial charge in [-0.25, -0.2) is 0 Å². The van der Waals surface area contributed by atoms with Gasteiger partial charge in [-0.15, -0.1) is 4.37 Å². The van der Waals surface area contributed by atoms with Crippen LogP contribution in [0.3, 0.4) is 0 Å². The maximum atomic E-state index is 10.5. The van der Waals surface area contributed by atoms with Gasteiger partial charge in [0.2, 0.25) is 5.15 Å². The molecule has 0 fully saturated rings. The van der Waals surface area contributed by atoms with E-state index < -0.39 is 4.92 Å². The Morgan fingerprint density at radius 2 is 2.12 bits per heavy atom. The Balaban J connectivity index is 2.27. The second-order valence-electron chi connectivity index (χ2n) is 2.83. The van der Waals surface area contributed by atoms with Crippen molar-refractivity contribution in [2.24, 2.45) is 0 Å². The van der Waals surface area contributed by atoms with Gasteiger partial charge in [-0.3, -0.25) is 10.1 Å². The summed E-state index contributed by atoms with van der Waals surface area (Å²) in [7, 11) is 0. The molecule has 0 saturated carbocycles. The van der Waals surface area contributed by atoms with Gasteiger partial charge in [0.15, 0.2) is 0 Å². The second kappa shape index (κ2) is 4.82. The summed E-state index contributed by atoms with van der Waals surface area (Å²) < 4.78 is 12.8. The number of ether oxygens (including phenoxy) is 1.